The van der Waals surface area contributed by atoms with Crippen molar-refractivity contribution in [3.63, 3.8) is 0 Å². The Morgan fingerprint density at radius 1 is 1.33 bits per heavy atom. The highest BCUT2D eigenvalue weighted by Crippen LogP contribution is 2.16. The zero-order valence-electron chi connectivity index (χ0n) is 9.98. The van der Waals surface area contributed by atoms with E-state index in [1.54, 1.807) is 25.5 Å². The minimum Gasteiger partial charge on any atom is -0.497 e. The SMILES string of the molecule is COc1ccc(C=N[C@H]2CS(=O)(=O)C[C@@H]2O)cc1. The van der Waals surface area contributed by atoms with E-state index in [1.165, 1.54) is 0 Å². The van der Waals surface area contributed by atoms with Crippen LogP contribution in [0.5, 0.6) is 5.75 Å². The van der Waals surface area contributed by atoms with E-state index in [1.807, 2.05) is 12.1 Å². The molecule has 1 aliphatic rings. The Balaban J connectivity index is 2.06. The molecule has 1 fully saturated rings. The molecule has 1 N–H and O–H groups in total. The van der Waals surface area contributed by atoms with Crippen molar-refractivity contribution in [1.29, 1.82) is 0 Å². The van der Waals surface area contributed by atoms with Gasteiger partial charge >= 0.3 is 0 Å². The molecule has 0 amide bonds. The largest absolute Gasteiger partial charge is 0.497 e. The Morgan fingerprint density at radius 3 is 2.50 bits per heavy atom. The second-order valence-electron chi connectivity index (χ2n) is 4.26. The molecule has 1 aromatic rings. The summed E-state index contributed by atoms with van der Waals surface area (Å²) in [6.45, 7) is 0. The van der Waals surface area contributed by atoms with Crippen molar-refractivity contribution in [2.45, 2.75) is 12.1 Å². The molecule has 98 valence electrons. The van der Waals surface area contributed by atoms with E-state index in [0.717, 1.165) is 11.3 Å². The summed E-state index contributed by atoms with van der Waals surface area (Å²) in [4.78, 5) is 4.13. The summed E-state index contributed by atoms with van der Waals surface area (Å²) in [6, 6.07) is 6.67. The summed E-state index contributed by atoms with van der Waals surface area (Å²) < 4.78 is 27.6. The molecule has 0 saturated carbocycles. The van der Waals surface area contributed by atoms with Crippen LogP contribution in [-0.4, -0.2) is 50.5 Å². The number of benzene rings is 1. The summed E-state index contributed by atoms with van der Waals surface area (Å²) in [5, 5.41) is 9.57. The van der Waals surface area contributed by atoms with Gasteiger partial charge in [-0.3, -0.25) is 4.99 Å². The van der Waals surface area contributed by atoms with Crippen LogP contribution in [0.15, 0.2) is 29.3 Å². The van der Waals surface area contributed by atoms with Crippen molar-refractivity contribution in [2.75, 3.05) is 18.6 Å². The molecule has 6 heteroatoms. The molecule has 0 aromatic heterocycles. The van der Waals surface area contributed by atoms with Gasteiger partial charge in [0.2, 0.25) is 0 Å². The van der Waals surface area contributed by atoms with Gasteiger partial charge in [0.05, 0.1) is 30.8 Å². The molecule has 0 unspecified atom stereocenters. The number of nitrogens with zero attached hydrogens (tertiary/aromatic N) is 1. The van der Waals surface area contributed by atoms with Gasteiger partial charge in [-0.1, -0.05) is 0 Å². The zero-order valence-corrected chi connectivity index (χ0v) is 10.8. The van der Waals surface area contributed by atoms with Crippen LogP contribution in [0.1, 0.15) is 5.56 Å². The lowest BCUT2D eigenvalue weighted by Gasteiger charge is -2.06. The molecule has 0 radical (unpaired) electrons. The van der Waals surface area contributed by atoms with Gasteiger partial charge in [0.25, 0.3) is 0 Å². The Kier molecular flexibility index (Phi) is 3.68. The molecular formula is C12H15NO4S. The zero-order chi connectivity index (χ0) is 13.2. The highest BCUT2D eigenvalue weighted by molar-refractivity contribution is 7.91. The molecule has 18 heavy (non-hydrogen) atoms. The van der Waals surface area contributed by atoms with E-state index >= 15 is 0 Å². The minimum atomic E-state index is -3.14. The van der Waals surface area contributed by atoms with E-state index in [2.05, 4.69) is 4.99 Å². The number of methoxy groups -OCH3 is 1. The third-order valence-corrected chi connectivity index (χ3v) is 4.52. The van der Waals surface area contributed by atoms with Crippen LogP contribution in [0.2, 0.25) is 0 Å². The minimum absolute atomic E-state index is 0.0825. The molecule has 1 saturated heterocycles. The number of hydrogen-bond donors (Lipinski definition) is 1. The van der Waals surface area contributed by atoms with Crippen LogP contribution < -0.4 is 4.74 Å². The fourth-order valence-corrected chi connectivity index (χ4v) is 3.53. The highest BCUT2D eigenvalue weighted by atomic mass is 32.2. The van der Waals surface area contributed by atoms with E-state index < -0.39 is 22.0 Å². The van der Waals surface area contributed by atoms with Crippen molar-refractivity contribution in [3.8, 4) is 5.75 Å². The molecule has 2 rings (SSSR count). The first-order valence-electron chi connectivity index (χ1n) is 5.56. The van der Waals surface area contributed by atoms with Crippen molar-refractivity contribution in [3.05, 3.63) is 29.8 Å². The maximum Gasteiger partial charge on any atom is 0.155 e. The molecule has 0 aliphatic carbocycles. The van der Waals surface area contributed by atoms with Gasteiger partial charge in [-0.2, -0.15) is 0 Å². The molecule has 0 spiro atoms. The first-order valence-corrected chi connectivity index (χ1v) is 7.38. The summed E-state index contributed by atoms with van der Waals surface area (Å²) in [6.07, 6.45) is 0.679. The topological polar surface area (TPSA) is 76.0 Å². The smallest absolute Gasteiger partial charge is 0.155 e. The summed E-state index contributed by atoms with van der Waals surface area (Å²) in [7, 11) is -1.56. The monoisotopic (exact) mass is 269 g/mol. The third-order valence-electron chi connectivity index (χ3n) is 2.82. The lowest BCUT2D eigenvalue weighted by molar-refractivity contribution is 0.184. The van der Waals surface area contributed by atoms with Crippen molar-refractivity contribution >= 4 is 16.1 Å². The number of aliphatic hydroxyl groups is 1. The van der Waals surface area contributed by atoms with E-state index in [4.69, 9.17) is 4.74 Å². The van der Waals surface area contributed by atoms with E-state index in [9.17, 15) is 13.5 Å². The summed E-state index contributed by atoms with van der Waals surface area (Å²) in [5.41, 5.74) is 0.840. The van der Waals surface area contributed by atoms with Crippen molar-refractivity contribution in [2.24, 2.45) is 4.99 Å². The quantitative estimate of drug-likeness (QED) is 0.799. The first kappa shape index (κ1) is 13.0. The number of aliphatic imine (C=N–C) groups is 1. The van der Waals surface area contributed by atoms with Gasteiger partial charge in [-0.05, 0) is 29.8 Å². The first-order chi connectivity index (χ1) is 8.50. The Hall–Kier alpha value is -1.40. The number of hydrogen-bond acceptors (Lipinski definition) is 5. The second-order valence-corrected chi connectivity index (χ2v) is 6.42. The van der Waals surface area contributed by atoms with Gasteiger partial charge in [-0.15, -0.1) is 0 Å². The fourth-order valence-electron chi connectivity index (χ4n) is 1.82. The van der Waals surface area contributed by atoms with Crippen LogP contribution in [0.4, 0.5) is 0 Å². The predicted molar refractivity (Wildman–Crippen MR) is 69.0 cm³/mol. The van der Waals surface area contributed by atoms with Crippen LogP contribution >= 0.6 is 0 Å². The molecular weight excluding hydrogens is 254 g/mol. The lowest BCUT2D eigenvalue weighted by atomic mass is 10.2. The average Bonchev–Trinajstić information content (AvgIpc) is 2.60. The molecule has 5 nitrogen and oxygen atoms in total. The third kappa shape index (κ3) is 3.08. The number of ether oxygens (including phenoxy) is 1. The second kappa shape index (κ2) is 5.07. The van der Waals surface area contributed by atoms with Gasteiger partial charge in [-0.25, -0.2) is 8.42 Å². The standard InChI is InChI=1S/C12H15NO4S/c1-17-10-4-2-9(3-5-10)6-13-11-7-18(15,16)8-12(11)14/h2-6,11-12,14H,7-8H2,1H3/t11-,12-/m0/s1. The van der Waals surface area contributed by atoms with Crippen molar-refractivity contribution < 1.29 is 18.3 Å². The molecule has 2 atom stereocenters. The fraction of sp³-hybridized carbons (Fsp3) is 0.417. The average molecular weight is 269 g/mol. The van der Waals surface area contributed by atoms with Crippen LogP contribution in [0.25, 0.3) is 0 Å². The maximum absolute atomic E-state index is 11.3. The van der Waals surface area contributed by atoms with Gasteiger partial charge in [0.1, 0.15) is 5.75 Å². The van der Waals surface area contributed by atoms with Gasteiger partial charge < -0.3 is 9.84 Å². The van der Waals surface area contributed by atoms with Crippen molar-refractivity contribution in [1.82, 2.24) is 0 Å². The highest BCUT2D eigenvalue weighted by Gasteiger charge is 2.35. The number of rotatable bonds is 3. The molecule has 1 heterocycles. The molecule has 0 bridgehead atoms. The number of aliphatic hydroxyl groups excluding tert-OH is 1. The Bertz CT molecular complexity index is 536. The Morgan fingerprint density at radius 2 is 2.00 bits per heavy atom. The van der Waals surface area contributed by atoms with E-state index in [0.29, 0.717) is 0 Å². The predicted octanol–water partition coefficient (Wildman–Crippen LogP) is 0.272. The summed E-state index contributed by atoms with van der Waals surface area (Å²) >= 11 is 0. The summed E-state index contributed by atoms with van der Waals surface area (Å²) in [5.74, 6) is 0.467. The van der Waals surface area contributed by atoms with Gasteiger partial charge in [0, 0.05) is 6.21 Å². The normalized spacial score (nSPS) is 26.6. The molecule has 1 aliphatic heterocycles. The molecule has 1 aromatic carbocycles. The number of sulfone groups is 1. The van der Waals surface area contributed by atoms with Crippen LogP contribution in [-0.2, 0) is 9.84 Å². The lowest BCUT2D eigenvalue weighted by Crippen LogP contribution is -2.21. The van der Waals surface area contributed by atoms with E-state index in [-0.39, 0.29) is 11.5 Å². The van der Waals surface area contributed by atoms with Crippen LogP contribution in [0.3, 0.4) is 0 Å². The van der Waals surface area contributed by atoms with Gasteiger partial charge in [0.15, 0.2) is 9.84 Å². The Labute approximate surface area is 106 Å². The van der Waals surface area contributed by atoms with Crippen LogP contribution in [0, 0.1) is 0 Å². The maximum atomic E-state index is 11.3.